The fourth-order valence-corrected chi connectivity index (χ4v) is 2.87. The second kappa shape index (κ2) is 7.96. The third-order valence-corrected chi connectivity index (χ3v) is 3.94. The molecule has 3 nitrogen and oxygen atoms in total. The minimum atomic E-state index is 0.468. The van der Waals surface area contributed by atoms with Crippen LogP contribution < -0.4 is 15.2 Å². The molecule has 0 aliphatic carbocycles. The summed E-state index contributed by atoms with van der Waals surface area (Å²) in [5.41, 5.74) is 6.94. The summed E-state index contributed by atoms with van der Waals surface area (Å²) < 4.78 is 11.4. The van der Waals surface area contributed by atoms with Crippen LogP contribution in [0, 0.1) is 0 Å². The normalized spacial score (nSPS) is 10.4. The van der Waals surface area contributed by atoms with Crippen molar-refractivity contribution < 1.29 is 9.47 Å². The maximum absolute atomic E-state index is 5.97. The molecule has 0 radical (unpaired) electrons. The summed E-state index contributed by atoms with van der Waals surface area (Å²) in [7, 11) is 0. The van der Waals surface area contributed by atoms with Crippen LogP contribution in [-0.4, -0.2) is 12.4 Å². The molecule has 112 valence electrons. The lowest BCUT2D eigenvalue weighted by atomic mass is 10.2. The van der Waals surface area contributed by atoms with Crippen molar-refractivity contribution in [1.82, 2.24) is 0 Å². The van der Waals surface area contributed by atoms with Gasteiger partial charge in [0.1, 0.15) is 17.2 Å². The second-order valence-corrected chi connectivity index (χ2v) is 5.68. The first-order valence-corrected chi connectivity index (χ1v) is 8.12. The number of rotatable bonds is 7. The molecule has 0 unspecified atom stereocenters. The lowest BCUT2D eigenvalue weighted by molar-refractivity contribution is 0.339. The number of nitrogens with two attached hydrogens (primary N) is 1. The number of ether oxygens (including phenoxy) is 2. The Balaban J connectivity index is 2.20. The highest BCUT2D eigenvalue weighted by Crippen LogP contribution is 2.33. The predicted molar refractivity (Wildman–Crippen MR) is 88.4 cm³/mol. The summed E-state index contributed by atoms with van der Waals surface area (Å²) in [6, 6.07) is 13.7. The highest BCUT2D eigenvalue weighted by Gasteiger charge is 2.09. The number of benzene rings is 2. The van der Waals surface area contributed by atoms with E-state index in [0.29, 0.717) is 13.2 Å². The van der Waals surface area contributed by atoms with Crippen LogP contribution >= 0.6 is 11.8 Å². The van der Waals surface area contributed by atoms with E-state index < -0.39 is 0 Å². The molecule has 0 atom stereocenters. The Morgan fingerprint density at radius 3 is 2.33 bits per heavy atom. The Morgan fingerprint density at radius 2 is 1.71 bits per heavy atom. The molecular weight excluding hydrogens is 282 g/mol. The van der Waals surface area contributed by atoms with Gasteiger partial charge in [0.15, 0.2) is 0 Å². The number of hydrogen-bond donors (Lipinski definition) is 1. The van der Waals surface area contributed by atoms with Crippen LogP contribution in [0.4, 0.5) is 0 Å². The molecule has 0 saturated heterocycles. The molecular formula is C17H21NO2S. The quantitative estimate of drug-likeness (QED) is 0.768. The third kappa shape index (κ3) is 4.16. The lowest BCUT2D eigenvalue weighted by Gasteiger charge is -2.14. The highest BCUT2D eigenvalue weighted by molar-refractivity contribution is 7.99. The summed E-state index contributed by atoms with van der Waals surface area (Å²) in [5, 5.41) is 0. The van der Waals surface area contributed by atoms with Crippen LogP contribution in [0.25, 0.3) is 0 Å². The van der Waals surface area contributed by atoms with Gasteiger partial charge in [-0.05, 0) is 49.1 Å². The van der Waals surface area contributed by atoms with E-state index in [1.807, 2.05) is 43.3 Å². The zero-order valence-electron chi connectivity index (χ0n) is 12.5. The van der Waals surface area contributed by atoms with Crippen LogP contribution in [-0.2, 0) is 6.54 Å². The van der Waals surface area contributed by atoms with Crippen molar-refractivity contribution in [2.45, 2.75) is 25.3 Å². The number of hydrogen-bond acceptors (Lipinski definition) is 4. The lowest BCUT2D eigenvalue weighted by Crippen LogP contribution is -2.01. The van der Waals surface area contributed by atoms with E-state index in [-0.39, 0.29) is 0 Å². The molecule has 0 heterocycles. The first-order chi connectivity index (χ1) is 10.3. The van der Waals surface area contributed by atoms with Crippen molar-refractivity contribution in [3.8, 4) is 17.2 Å². The van der Waals surface area contributed by atoms with Gasteiger partial charge in [-0.1, -0.05) is 13.0 Å². The summed E-state index contributed by atoms with van der Waals surface area (Å²) in [6.45, 7) is 5.23. The molecule has 0 fully saturated rings. The molecule has 2 rings (SSSR count). The average molecular weight is 303 g/mol. The van der Waals surface area contributed by atoms with E-state index in [1.54, 1.807) is 11.8 Å². The van der Waals surface area contributed by atoms with E-state index in [9.17, 15) is 0 Å². The van der Waals surface area contributed by atoms with Crippen molar-refractivity contribution in [3.63, 3.8) is 0 Å². The Bertz CT molecular complexity index is 570. The molecule has 0 saturated carbocycles. The molecule has 21 heavy (non-hydrogen) atoms. The van der Waals surface area contributed by atoms with Gasteiger partial charge < -0.3 is 15.2 Å². The second-order valence-electron chi connectivity index (χ2n) is 4.38. The van der Waals surface area contributed by atoms with Gasteiger partial charge in [0.25, 0.3) is 0 Å². The molecule has 4 heteroatoms. The molecule has 2 aromatic rings. The van der Waals surface area contributed by atoms with Crippen LogP contribution in [0.1, 0.15) is 19.4 Å². The van der Waals surface area contributed by atoms with Gasteiger partial charge >= 0.3 is 0 Å². The van der Waals surface area contributed by atoms with Crippen molar-refractivity contribution >= 4 is 11.8 Å². The van der Waals surface area contributed by atoms with E-state index in [0.717, 1.165) is 28.6 Å². The maximum atomic E-state index is 5.97. The summed E-state index contributed by atoms with van der Waals surface area (Å²) in [6.07, 6.45) is 0. The molecule has 2 N–H and O–H groups in total. The van der Waals surface area contributed by atoms with Crippen molar-refractivity contribution in [3.05, 3.63) is 48.0 Å². The van der Waals surface area contributed by atoms with Crippen molar-refractivity contribution in [2.75, 3.05) is 12.4 Å². The SMILES string of the molecule is CCOc1ccc(Oc2cccc(SCC)c2CN)cc1. The molecule has 0 bridgehead atoms. The third-order valence-electron chi connectivity index (χ3n) is 2.96. The topological polar surface area (TPSA) is 44.5 Å². The standard InChI is InChI=1S/C17H21NO2S/c1-3-19-13-8-10-14(11-9-13)20-16-6-5-7-17(21-4-2)15(16)12-18/h5-11H,3-4,12,18H2,1-2H3. The van der Waals surface area contributed by atoms with Gasteiger partial charge in [-0.15, -0.1) is 11.8 Å². The summed E-state index contributed by atoms with van der Waals surface area (Å²) in [4.78, 5) is 1.18. The Labute approximate surface area is 130 Å². The largest absolute Gasteiger partial charge is 0.494 e. The summed E-state index contributed by atoms with van der Waals surface area (Å²) in [5.74, 6) is 3.46. The highest BCUT2D eigenvalue weighted by atomic mass is 32.2. The fraction of sp³-hybridized carbons (Fsp3) is 0.294. The molecule has 0 spiro atoms. The number of thioether (sulfide) groups is 1. The van der Waals surface area contributed by atoms with E-state index in [4.69, 9.17) is 15.2 Å². The first-order valence-electron chi connectivity index (χ1n) is 7.14. The zero-order chi connectivity index (χ0) is 15.1. The van der Waals surface area contributed by atoms with Crippen molar-refractivity contribution in [1.29, 1.82) is 0 Å². The minimum absolute atomic E-state index is 0.468. The van der Waals surface area contributed by atoms with E-state index >= 15 is 0 Å². The van der Waals surface area contributed by atoms with Crippen molar-refractivity contribution in [2.24, 2.45) is 5.73 Å². The average Bonchev–Trinajstić information content (AvgIpc) is 2.50. The van der Waals surface area contributed by atoms with Gasteiger partial charge in [-0.25, -0.2) is 0 Å². The van der Waals surface area contributed by atoms with Gasteiger partial charge in [0.05, 0.1) is 6.61 Å². The van der Waals surface area contributed by atoms with Gasteiger partial charge in [0.2, 0.25) is 0 Å². The molecule has 0 amide bonds. The first kappa shape index (κ1) is 15.7. The summed E-state index contributed by atoms with van der Waals surface area (Å²) >= 11 is 1.78. The fourth-order valence-electron chi connectivity index (χ4n) is 2.03. The van der Waals surface area contributed by atoms with Gasteiger partial charge in [0, 0.05) is 17.0 Å². The van der Waals surface area contributed by atoms with Crippen LogP contribution in [0.3, 0.4) is 0 Å². The molecule has 2 aromatic carbocycles. The van der Waals surface area contributed by atoms with Gasteiger partial charge in [-0.2, -0.15) is 0 Å². The monoisotopic (exact) mass is 303 g/mol. The zero-order valence-corrected chi connectivity index (χ0v) is 13.3. The van der Waals surface area contributed by atoms with Crippen LogP contribution in [0.5, 0.6) is 17.2 Å². The molecule has 0 aliphatic heterocycles. The minimum Gasteiger partial charge on any atom is -0.494 e. The maximum Gasteiger partial charge on any atom is 0.133 e. The molecule has 0 aromatic heterocycles. The Kier molecular flexibility index (Phi) is 5.96. The van der Waals surface area contributed by atoms with Crippen LogP contribution in [0.2, 0.25) is 0 Å². The van der Waals surface area contributed by atoms with E-state index in [2.05, 4.69) is 13.0 Å². The van der Waals surface area contributed by atoms with Crippen LogP contribution in [0.15, 0.2) is 47.4 Å². The predicted octanol–water partition coefficient (Wildman–Crippen LogP) is 4.45. The molecule has 0 aliphatic rings. The Morgan fingerprint density at radius 1 is 1.00 bits per heavy atom. The van der Waals surface area contributed by atoms with Gasteiger partial charge in [-0.3, -0.25) is 0 Å². The Hall–Kier alpha value is -1.65. The smallest absolute Gasteiger partial charge is 0.133 e. The van der Waals surface area contributed by atoms with E-state index in [1.165, 1.54) is 4.90 Å².